The third-order valence-electron chi connectivity index (χ3n) is 3.81. The number of hydrogen-bond acceptors (Lipinski definition) is 3. The molecule has 0 fully saturated rings. The van der Waals surface area contributed by atoms with E-state index in [0.29, 0.717) is 6.54 Å². The lowest BCUT2D eigenvalue weighted by Crippen LogP contribution is -2.03. The number of rotatable bonds is 5. The van der Waals surface area contributed by atoms with Crippen molar-refractivity contribution in [2.45, 2.75) is 17.2 Å². The van der Waals surface area contributed by atoms with Crippen LogP contribution in [0.5, 0.6) is 0 Å². The summed E-state index contributed by atoms with van der Waals surface area (Å²) >= 11 is 7.70. The molecule has 120 valence electrons. The first-order valence-corrected chi connectivity index (χ1v) is 9.01. The van der Waals surface area contributed by atoms with Gasteiger partial charge in [0.1, 0.15) is 11.6 Å². The van der Waals surface area contributed by atoms with E-state index in [1.807, 2.05) is 54.6 Å². The molecule has 5 heteroatoms. The van der Waals surface area contributed by atoms with Gasteiger partial charge in [0.25, 0.3) is 0 Å². The smallest absolute Gasteiger partial charge is 0.123 e. The molecule has 2 aromatic carbocycles. The highest BCUT2D eigenvalue weighted by atomic mass is 35.5. The van der Waals surface area contributed by atoms with Gasteiger partial charge < -0.3 is 8.98 Å². The van der Waals surface area contributed by atoms with E-state index in [2.05, 4.69) is 10.6 Å². The van der Waals surface area contributed by atoms with Crippen LogP contribution in [0.2, 0.25) is 5.02 Å². The molecule has 0 amide bonds. The average Bonchev–Trinajstić information content (AvgIpc) is 3.23. The fourth-order valence-electron chi connectivity index (χ4n) is 2.65. The highest BCUT2D eigenvalue weighted by Crippen LogP contribution is 2.26. The van der Waals surface area contributed by atoms with Crippen LogP contribution in [0.1, 0.15) is 11.6 Å². The van der Waals surface area contributed by atoms with Gasteiger partial charge >= 0.3 is 0 Å². The Labute approximate surface area is 149 Å². The number of benzene rings is 2. The Morgan fingerprint density at radius 1 is 1.00 bits per heavy atom. The topological polar surface area (TPSA) is 31.0 Å². The van der Waals surface area contributed by atoms with E-state index in [4.69, 9.17) is 21.0 Å². The van der Waals surface area contributed by atoms with Gasteiger partial charge in [-0.2, -0.15) is 0 Å². The lowest BCUT2D eigenvalue weighted by Gasteiger charge is -2.07. The van der Waals surface area contributed by atoms with Crippen LogP contribution in [0.3, 0.4) is 0 Å². The van der Waals surface area contributed by atoms with E-state index in [1.54, 1.807) is 18.0 Å². The predicted octanol–water partition coefficient (Wildman–Crippen LogP) is 5.62. The Bertz CT molecular complexity index is 945. The van der Waals surface area contributed by atoms with Crippen molar-refractivity contribution in [2.75, 3.05) is 0 Å². The number of imidazole rings is 1. The van der Waals surface area contributed by atoms with E-state index in [1.165, 1.54) is 4.90 Å². The summed E-state index contributed by atoms with van der Waals surface area (Å²) < 4.78 is 7.74. The van der Waals surface area contributed by atoms with Crippen LogP contribution in [0, 0.1) is 0 Å². The Kier molecular flexibility index (Phi) is 4.32. The van der Waals surface area contributed by atoms with E-state index < -0.39 is 0 Å². The fourth-order valence-corrected chi connectivity index (χ4v) is 3.62. The maximum absolute atomic E-state index is 5.95. The summed E-state index contributed by atoms with van der Waals surface area (Å²) in [6.45, 7) is 0.685. The average molecular weight is 355 g/mol. The first-order chi connectivity index (χ1) is 11.8. The van der Waals surface area contributed by atoms with Crippen LogP contribution in [0.25, 0.3) is 11.0 Å². The molecule has 0 saturated carbocycles. The van der Waals surface area contributed by atoms with E-state index in [0.717, 1.165) is 33.4 Å². The van der Waals surface area contributed by atoms with Crippen molar-refractivity contribution in [3.05, 3.63) is 83.5 Å². The van der Waals surface area contributed by atoms with Gasteiger partial charge in [-0.3, -0.25) is 0 Å². The van der Waals surface area contributed by atoms with Crippen molar-refractivity contribution < 1.29 is 4.42 Å². The molecule has 4 rings (SSSR count). The molecule has 0 saturated heterocycles. The molecule has 3 nitrogen and oxygen atoms in total. The van der Waals surface area contributed by atoms with E-state index >= 15 is 0 Å². The number of para-hydroxylation sites is 2. The third kappa shape index (κ3) is 3.21. The largest absolute Gasteiger partial charge is 0.467 e. The number of aromatic nitrogens is 2. The molecule has 0 aliphatic carbocycles. The molecular formula is C19H15ClN2OS. The van der Waals surface area contributed by atoms with Crippen molar-refractivity contribution in [3.8, 4) is 0 Å². The molecule has 0 N–H and O–H groups in total. The molecule has 0 aliphatic rings. The van der Waals surface area contributed by atoms with Crippen LogP contribution in [-0.2, 0) is 12.3 Å². The van der Waals surface area contributed by atoms with Gasteiger partial charge in [-0.15, -0.1) is 11.8 Å². The zero-order valence-corrected chi connectivity index (χ0v) is 14.4. The first-order valence-electron chi connectivity index (χ1n) is 7.64. The molecule has 0 radical (unpaired) electrons. The quantitative estimate of drug-likeness (QED) is 0.435. The standard InChI is InChI=1S/C19H15ClN2OS/c20-14-7-9-16(10-8-14)24-13-19-21-17-5-1-2-6-18(17)22(19)12-15-4-3-11-23-15/h1-11H,12-13H2. The van der Waals surface area contributed by atoms with Crippen LogP contribution in [0.4, 0.5) is 0 Å². The third-order valence-corrected chi connectivity index (χ3v) is 5.07. The summed E-state index contributed by atoms with van der Waals surface area (Å²) in [6, 6.07) is 20.0. The summed E-state index contributed by atoms with van der Waals surface area (Å²) in [5.41, 5.74) is 2.14. The SMILES string of the molecule is Clc1ccc(SCc2nc3ccccc3n2Cc2ccco2)cc1. The number of halogens is 1. The summed E-state index contributed by atoms with van der Waals surface area (Å²) in [6.07, 6.45) is 1.70. The Balaban J connectivity index is 1.64. The van der Waals surface area contributed by atoms with Gasteiger partial charge in [-0.1, -0.05) is 23.7 Å². The summed E-state index contributed by atoms with van der Waals surface area (Å²) in [5, 5.41) is 0.754. The van der Waals surface area contributed by atoms with Crippen molar-refractivity contribution in [3.63, 3.8) is 0 Å². The van der Waals surface area contributed by atoms with Crippen LogP contribution in [0.15, 0.2) is 76.2 Å². The second-order valence-corrected chi connectivity index (χ2v) is 6.91. The van der Waals surface area contributed by atoms with Crippen molar-refractivity contribution in [2.24, 2.45) is 0 Å². The van der Waals surface area contributed by atoms with Gasteiger partial charge in [-0.05, 0) is 48.5 Å². The Morgan fingerprint density at radius 2 is 1.83 bits per heavy atom. The lowest BCUT2D eigenvalue weighted by molar-refractivity contribution is 0.493. The monoisotopic (exact) mass is 354 g/mol. The maximum atomic E-state index is 5.95. The molecule has 0 unspecified atom stereocenters. The van der Waals surface area contributed by atoms with Crippen molar-refractivity contribution in [1.82, 2.24) is 9.55 Å². The number of hydrogen-bond donors (Lipinski definition) is 0. The minimum absolute atomic E-state index is 0.685. The number of nitrogens with zero attached hydrogens (tertiary/aromatic N) is 2. The van der Waals surface area contributed by atoms with Gasteiger partial charge in [0.2, 0.25) is 0 Å². The maximum Gasteiger partial charge on any atom is 0.123 e. The zero-order chi connectivity index (χ0) is 16.4. The van der Waals surface area contributed by atoms with E-state index in [-0.39, 0.29) is 0 Å². The number of thioether (sulfide) groups is 1. The highest BCUT2D eigenvalue weighted by molar-refractivity contribution is 7.98. The van der Waals surface area contributed by atoms with Gasteiger partial charge in [0.05, 0.1) is 29.6 Å². The highest BCUT2D eigenvalue weighted by Gasteiger charge is 2.12. The molecule has 24 heavy (non-hydrogen) atoms. The minimum atomic E-state index is 0.685. The summed E-state index contributed by atoms with van der Waals surface area (Å²) in [4.78, 5) is 5.98. The molecular weight excluding hydrogens is 340 g/mol. The van der Waals surface area contributed by atoms with Gasteiger partial charge in [0, 0.05) is 9.92 Å². The Morgan fingerprint density at radius 3 is 2.62 bits per heavy atom. The van der Waals surface area contributed by atoms with E-state index in [9.17, 15) is 0 Å². The molecule has 0 atom stereocenters. The molecule has 0 spiro atoms. The van der Waals surface area contributed by atoms with Crippen LogP contribution < -0.4 is 0 Å². The van der Waals surface area contributed by atoms with Crippen molar-refractivity contribution in [1.29, 1.82) is 0 Å². The normalized spacial score (nSPS) is 11.2. The number of fused-ring (bicyclic) bond motifs is 1. The zero-order valence-electron chi connectivity index (χ0n) is 12.9. The molecule has 4 aromatic rings. The summed E-state index contributed by atoms with van der Waals surface area (Å²) in [5.74, 6) is 2.75. The van der Waals surface area contributed by atoms with Crippen LogP contribution >= 0.6 is 23.4 Å². The van der Waals surface area contributed by atoms with Gasteiger partial charge in [-0.25, -0.2) is 4.98 Å². The fraction of sp³-hybridized carbons (Fsp3) is 0.105. The molecule has 0 bridgehead atoms. The molecule has 2 aromatic heterocycles. The second kappa shape index (κ2) is 6.75. The lowest BCUT2D eigenvalue weighted by atomic mass is 10.3. The minimum Gasteiger partial charge on any atom is -0.467 e. The second-order valence-electron chi connectivity index (χ2n) is 5.42. The molecule has 0 aliphatic heterocycles. The van der Waals surface area contributed by atoms with Crippen molar-refractivity contribution >= 4 is 34.4 Å². The predicted molar refractivity (Wildman–Crippen MR) is 98.6 cm³/mol. The Hall–Kier alpha value is -2.17. The first kappa shape index (κ1) is 15.4. The summed E-state index contributed by atoms with van der Waals surface area (Å²) in [7, 11) is 0. The molecule has 2 heterocycles. The van der Waals surface area contributed by atoms with Crippen LogP contribution in [-0.4, -0.2) is 9.55 Å². The number of furan rings is 1. The van der Waals surface area contributed by atoms with Gasteiger partial charge in [0.15, 0.2) is 0 Å².